The SMILES string of the molecule is O=C(Cc1ccc([N+](=O)[O-])cc1)NN=Cc1cnc2ccccc2n1. The number of para-hydroxylation sites is 2. The van der Waals surface area contributed by atoms with Gasteiger partial charge in [0.15, 0.2) is 0 Å². The molecule has 2 aromatic carbocycles. The lowest BCUT2D eigenvalue weighted by Crippen LogP contribution is -2.19. The maximum atomic E-state index is 11.8. The number of rotatable bonds is 5. The van der Waals surface area contributed by atoms with Gasteiger partial charge >= 0.3 is 0 Å². The molecule has 3 aromatic rings. The number of benzene rings is 2. The van der Waals surface area contributed by atoms with Crippen molar-refractivity contribution < 1.29 is 9.72 Å². The Kier molecular flexibility index (Phi) is 4.70. The van der Waals surface area contributed by atoms with Crippen molar-refractivity contribution in [3.8, 4) is 0 Å². The van der Waals surface area contributed by atoms with Gasteiger partial charge in [0, 0.05) is 12.1 Å². The largest absolute Gasteiger partial charge is 0.273 e. The number of carbonyl (C=O) groups is 1. The number of carbonyl (C=O) groups excluding carboxylic acids is 1. The second kappa shape index (κ2) is 7.26. The van der Waals surface area contributed by atoms with E-state index in [1.165, 1.54) is 30.5 Å². The lowest BCUT2D eigenvalue weighted by Gasteiger charge is -2.01. The second-order valence-corrected chi connectivity index (χ2v) is 5.18. The molecule has 0 fully saturated rings. The van der Waals surface area contributed by atoms with E-state index in [-0.39, 0.29) is 18.0 Å². The van der Waals surface area contributed by atoms with E-state index in [1.54, 1.807) is 6.20 Å². The predicted octanol–water partition coefficient (Wildman–Crippen LogP) is 2.23. The Morgan fingerprint density at radius 1 is 1.16 bits per heavy atom. The van der Waals surface area contributed by atoms with Crippen LogP contribution in [0.25, 0.3) is 11.0 Å². The van der Waals surface area contributed by atoms with Crippen molar-refractivity contribution in [1.29, 1.82) is 0 Å². The first-order valence-corrected chi connectivity index (χ1v) is 7.39. The maximum absolute atomic E-state index is 11.8. The van der Waals surface area contributed by atoms with Crippen LogP contribution < -0.4 is 5.43 Å². The van der Waals surface area contributed by atoms with Crippen LogP contribution in [-0.2, 0) is 11.2 Å². The standard InChI is InChI=1S/C17H13N5O3/c23-17(9-12-5-7-14(8-6-12)22(24)25)21-19-11-13-10-18-15-3-1-2-4-16(15)20-13/h1-8,10-11H,9H2,(H,21,23). The Labute approximate surface area is 142 Å². The molecule has 1 amide bonds. The zero-order valence-electron chi connectivity index (χ0n) is 13.0. The smallest absolute Gasteiger partial charge is 0.269 e. The molecule has 0 aliphatic carbocycles. The Hall–Kier alpha value is -3.68. The van der Waals surface area contributed by atoms with Crippen molar-refractivity contribution in [3.05, 3.63) is 76.1 Å². The average Bonchev–Trinajstić information content (AvgIpc) is 2.62. The summed E-state index contributed by atoms with van der Waals surface area (Å²) in [6, 6.07) is 13.2. The van der Waals surface area contributed by atoms with E-state index in [0.29, 0.717) is 11.3 Å². The fourth-order valence-electron chi connectivity index (χ4n) is 2.16. The third-order valence-corrected chi connectivity index (χ3v) is 3.37. The van der Waals surface area contributed by atoms with Crippen molar-refractivity contribution in [2.75, 3.05) is 0 Å². The summed E-state index contributed by atoms with van der Waals surface area (Å²) < 4.78 is 0. The Morgan fingerprint density at radius 2 is 1.88 bits per heavy atom. The molecule has 0 bridgehead atoms. The number of nitro groups is 1. The van der Waals surface area contributed by atoms with Gasteiger partial charge in [0.2, 0.25) is 5.91 Å². The number of aromatic nitrogens is 2. The summed E-state index contributed by atoms with van der Waals surface area (Å²) in [6.45, 7) is 0. The van der Waals surface area contributed by atoms with Gasteiger partial charge in [0.25, 0.3) is 5.69 Å². The molecule has 0 saturated heterocycles. The first kappa shape index (κ1) is 16.2. The Bertz CT molecular complexity index is 954. The van der Waals surface area contributed by atoms with Crippen LogP contribution in [0, 0.1) is 10.1 Å². The van der Waals surface area contributed by atoms with Gasteiger partial charge < -0.3 is 0 Å². The average molecular weight is 335 g/mol. The van der Waals surface area contributed by atoms with Crippen LogP contribution in [0.15, 0.2) is 59.8 Å². The monoisotopic (exact) mass is 335 g/mol. The van der Waals surface area contributed by atoms with Crippen LogP contribution in [0.1, 0.15) is 11.3 Å². The van der Waals surface area contributed by atoms with Gasteiger partial charge in [0.1, 0.15) is 5.69 Å². The van der Waals surface area contributed by atoms with E-state index in [0.717, 1.165) is 11.0 Å². The van der Waals surface area contributed by atoms with Crippen LogP contribution in [0.4, 0.5) is 5.69 Å². The molecule has 25 heavy (non-hydrogen) atoms. The highest BCUT2D eigenvalue weighted by molar-refractivity contribution is 5.84. The number of non-ortho nitro benzene ring substituents is 1. The van der Waals surface area contributed by atoms with Gasteiger partial charge in [0.05, 0.1) is 34.8 Å². The van der Waals surface area contributed by atoms with E-state index in [9.17, 15) is 14.9 Å². The number of hydrogen-bond acceptors (Lipinski definition) is 6. The van der Waals surface area contributed by atoms with Crippen LogP contribution >= 0.6 is 0 Å². The fraction of sp³-hybridized carbons (Fsp3) is 0.0588. The maximum Gasteiger partial charge on any atom is 0.269 e. The molecule has 1 aromatic heterocycles. The van der Waals surface area contributed by atoms with Crippen LogP contribution in [-0.4, -0.2) is 27.0 Å². The van der Waals surface area contributed by atoms with E-state index < -0.39 is 4.92 Å². The summed E-state index contributed by atoms with van der Waals surface area (Å²) in [6.07, 6.45) is 3.04. The molecule has 0 radical (unpaired) electrons. The summed E-state index contributed by atoms with van der Waals surface area (Å²) >= 11 is 0. The first-order valence-electron chi connectivity index (χ1n) is 7.39. The van der Waals surface area contributed by atoms with E-state index in [1.807, 2.05) is 24.3 Å². The molecule has 124 valence electrons. The van der Waals surface area contributed by atoms with Crippen molar-refractivity contribution in [3.63, 3.8) is 0 Å². The van der Waals surface area contributed by atoms with Crippen molar-refractivity contribution in [2.45, 2.75) is 6.42 Å². The Balaban J connectivity index is 1.59. The second-order valence-electron chi connectivity index (χ2n) is 5.18. The molecule has 0 atom stereocenters. The summed E-state index contributed by atoms with van der Waals surface area (Å²) in [7, 11) is 0. The zero-order chi connectivity index (χ0) is 17.6. The first-order chi connectivity index (χ1) is 12.1. The third-order valence-electron chi connectivity index (χ3n) is 3.37. The summed E-state index contributed by atoms with van der Waals surface area (Å²) in [5, 5.41) is 14.4. The molecule has 0 aliphatic heterocycles. The minimum Gasteiger partial charge on any atom is -0.273 e. The normalized spacial score (nSPS) is 10.9. The fourth-order valence-corrected chi connectivity index (χ4v) is 2.16. The van der Waals surface area contributed by atoms with Crippen molar-refractivity contribution >= 4 is 28.8 Å². The van der Waals surface area contributed by atoms with Gasteiger partial charge in [-0.1, -0.05) is 24.3 Å². The lowest BCUT2D eigenvalue weighted by molar-refractivity contribution is -0.384. The van der Waals surface area contributed by atoms with Crippen molar-refractivity contribution in [2.24, 2.45) is 5.10 Å². The van der Waals surface area contributed by atoms with E-state index in [4.69, 9.17) is 0 Å². The summed E-state index contributed by atoms with van der Waals surface area (Å²) in [5.41, 5.74) is 5.08. The molecule has 0 spiro atoms. The molecule has 1 heterocycles. The summed E-state index contributed by atoms with van der Waals surface area (Å²) in [5.74, 6) is -0.334. The number of hydrogen-bond donors (Lipinski definition) is 1. The number of nitrogens with zero attached hydrogens (tertiary/aromatic N) is 4. The van der Waals surface area contributed by atoms with Crippen molar-refractivity contribution in [1.82, 2.24) is 15.4 Å². The molecule has 8 heteroatoms. The van der Waals surface area contributed by atoms with Crippen LogP contribution in [0.2, 0.25) is 0 Å². The lowest BCUT2D eigenvalue weighted by atomic mass is 10.1. The number of hydrazone groups is 1. The van der Waals surface area contributed by atoms with Gasteiger partial charge in [-0.15, -0.1) is 0 Å². The molecular formula is C17H13N5O3. The number of fused-ring (bicyclic) bond motifs is 1. The quantitative estimate of drug-likeness (QED) is 0.437. The molecule has 3 rings (SSSR count). The minimum atomic E-state index is -0.487. The topological polar surface area (TPSA) is 110 Å². The Morgan fingerprint density at radius 3 is 2.60 bits per heavy atom. The molecule has 0 saturated carbocycles. The molecule has 0 unspecified atom stereocenters. The molecule has 1 N–H and O–H groups in total. The number of nitrogens with one attached hydrogen (secondary N) is 1. The van der Waals surface area contributed by atoms with E-state index >= 15 is 0 Å². The molecular weight excluding hydrogens is 322 g/mol. The zero-order valence-corrected chi connectivity index (χ0v) is 13.0. The van der Waals surface area contributed by atoms with E-state index in [2.05, 4.69) is 20.5 Å². The van der Waals surface area contributed by atoms with Crippen LogP contribution in [0.3, 0.4) is 0 Å². The number of amides is 1. The number of nitro benzene ring substituents is 1. The highest BCUT2D eigenvalue weighted by atomic mass is 16.6. The van der Waals surface area contributed by atoms with Gasteiger partial charge in [-0.05, 0) is 17.7 Å². The highest BCUT2D eigenvalue weighted by Crippen LogP contribution is 2.12. The molecule has 8 nitrogen and oxygen atoms in total. The molecule has 0 aliphatic rings. The van der Waals surface area contributed by atoms with Crippen LogP contribution in [0.5, 0.6) is 0 Å². The third kappa shape index (κ3) is 4.20. The predicted molar refractivity (Wildman–Crippen MR) is 92.1 cm³/mol. The van der Waals surface area contributed by atoms with Gasteiger partial charge in [-0.2, -0.15) is 5.10 Å². The highest BCUT2D eigenvalue weighted by Gasteiger charge is 2.06. The minimum absolute atomic E-state index is 0.0166. The van der Waals surface area contributed by atoms with Gasteiger partial charge in [-0.25, -0.2) is 10.4 Å². The summed E-state index contributed by atoms with van der Waals surface area (Å²) in [4.78, 5) is 30.5. The van der Waals surface area contributed by atoms with Gasteiger partial charge in [-0.3, -0.25) is 19.9 Å².